The van der Waals surface area contributed by atoms with Crippen LogP contribution in [0.2, 0.25) is 0 Å². The Bertz CT molecular complexity index is 382. The molecular weight excluding hydrogens is 300 g/mol. The molecule has 2 unspecified atom stereocenters. The van der Waals surface area contributed by atoms with Crippen LogP contribution in [-0.4, -0.2) is 55.8 Å². The number of amides is 1. The van der Waals surface area contributed by atoms with Crippen molar-refractivity contribution in [3.8, 4) is 0 Å². The molecule has 1 amide bonds. The van der Waals surface area contributed by atoms with Crippen LogP contribution in [0, 0.1) is 5.92 Å². The first-order valence-corrected chi connectivity index (χ1v) is 9.27. The molecule has 1 aliphatic carbocycles. The predicted octanol–water partition coefficient (Wildman–Crippen LogP) is 1.57. The number of carbonyl (C=O) groups excluding carboxylic acids is 1. The Balaban J connectivity index is 1.70. The minimum absolute atomic E-state index is 0.110. The minimum atomic E-state index is -0.327. The van der Waals surface area contributed by atoms with Gasteiger partial charge in [-0.1, -0.05) is 0 Å². The maximum absolute atomic E-state index is 11.6. The average molecular weight is 328 g/mol. The van der Waals surface area contributed by atoms with Crippen molar-refractivity contribution in [3.05, 3.63) is 0 Å². The molecule has 1 saturated carbocycles. The Morgan fingerprint density at radius 1 is 1.36 bits per heavy atom. The highest BCUT2D eigenvalue weighted by Crippen LogP contribution is 2.32. The van der Waals surface area contributed by atoms with Gasteiger partial charge in [-0.15, -0.1) is 0 Å². The molecule has 126 valence electrons. The zero-order valence-corrected chi connectivity index (χ0v) is 14.4. The molecule has 3 N–H and O–H groups in total. The fraction of sp³-hybridized carbons (Fsp3) is 0.867. The van der Waals surface area contributed by atoms with Crippen LogP contribution in [-0.2, 0) is 4.74 Å². The lowest BCUT2D eigenvalue weighted by atomic mass is 10.2. The van der Waals surface area contributed by atoms with Gasteiger partial charge in [-0.3, -0.25) is 4.99 Å². The van der Waals surface area contributed by atoms with Gasteiger partial charge < -0.3 is 20.7 Å². The summed E-state index contributed by atoms with van der Waals surface area (Å²) >= 11 is 2.03. The van der Waals surface area contributed by atoms with E-state index in [1.807, 2.05) is 18.7 Å². The van der Waals surface area contributed by atoms with E-state index in [2.05, 4.69) is 20.9 Å². The molecule has 2 aliphatic rings. The summed E-state index contributed by atoms with van der Waals surface area (Å²) in [4.78, 5) is 15.8. The first kappa shape index (κ1) is 17.2. The van der Waals surface area contributed by atoms with Crippen molar-refractivity contribution in [2.75, 3.05) is 32.5 Å². The van der Waals surface area contributed by atoms with Crippen molar-refractivity contribution in [1.82, 2.24) is 16.0 Å². The van der Waals surface area contributed by atoms with Gasteiger partial charge in [0.1, 0.15) is 0 Å². The van der Waals surface area contributed by atoms with Crippen LogP contribution >= 0.6 is 11.8 Å². The number of nitrogens with one attached hydrogen (secondary N) is 3. The van der Waals surface area contributed by atoms with Gasteiger partial charge in [-0.05, 0) is 44.3 Å². The Morgan fingerprint density at radius 3 is 2.77 bits per heavy atom. The number of thioether (sulfide) groups is 1. The molecule has 2 atom stereocenters. The average Bonchev–Trinajstić information content (AvgIpc) is 3.23. The van der Waals surface area contributed by atoms with E-state index in [0.717, 1.165) is 12.5 Å². The highest BCUT2D eigenvalue weighted by molar-refractivity contribution is 8.00. The van der Waals surface area contributed by atoms with Gasteiger partial charge in [-0.2, -0.15) is 11.8 Å². The van der Waals surface area contributed by atoms with Crippen molar-refractivity contribution in [1.29, 1.82) is 0 Å². The Morgan fingerprint density at radius 2 is 2.18 bits per heavy atom. The van der Waals surface area contributed by atoms with E-state index < -0.39 is 0 Å². The van der Waals surface area contributed by atoms with Crippen LogP contribution in [0.1, 0.15) is 32.6 Å². The second-order valence-corrected chi connectivity index (χ2v) is 7.19. The van der Waals surface area contributed by atoms with Crippen LogP contribution in [0.25, 0.3) is 0 Å². The van der Waals surface area contributed by atoms with Crippen LogP contribution in [0.5, 0.6) is 0 Å². The first-order chi connectivity index (χ1) is 10.7. The molecule has 2 rings (SSSR count). The standard InChI is InChI=1S/C15H28N4O2S/c1-3-21-15(20)19-13(11-6-7-11)10-18-14(16-2)17-9-12-5-4-8-22-12/h11-13H,3-10H2,1-2H3,(H,19,20)(H2,16,17,18). The molecular formula is C15H28N4O2S. The maximum Gasteiger partial charge on any atom is 0.407 e. The van der Waals surface area contributed by atoms with Gasteiger partial charge in [-0.25, -0.2) is 4.79 Å². The monoisotopic (exact) mass is 328 g/mol. The third-order valence-corrected chi connectivity index (χ3v) is 5.40. The lowest BCUT2D eigenvalue weighted by molar-refractivity contribution is 0.146. The lowest BCUT2D eigenvalue weighted by Gasteiger charge is -2.21. The summed E-state index contributed by atoms with van der Waals surface area (Å²) in [5.41, 5.74) is 0. The fourth-order valence-corrected chi connectivity index (χ4v) is 3.80. The van der Waals surface area contributed by atoms with Crippen molar-refractivity contribution in [3.63, 3.8) is 0 Å². The van der Waals surface area contributed by atoms with Crippen LogP contribution in [0.15, 0.2) is 4.99 Å². The fourth-order valence-electron chi connectivity index (χ4n) is 2.60. The highest BCUT2D eigenvalue weighted by atomic mass is 32.2. The Labute approximate surface area is 137 Å². The second-order valence-electron chi connectivity index (χ2n) is 5.78. The van der Waals surface area contributed by atoms with Crippen molar-refractivity contribution < 1.29 is 9.53 Å². The summed E-state index contributed by atoms with van der Waals surface area (Å²) in [6.45, 7) is 3.85. The Kier molecular flexibility index (Phi) is 7.15. The predicted molar refractivity (Wildman–Crippen MR) is 91.5 cm³/mol. The molecule has 7 heteroatoms. The molecule has 0 aromatic rings. The number of alkyl carbamates (subject to hydrolysis) is 1. The molecule has 6 nitrogen and oxygen atoms in total. The number of carbonyl (C=O) groups is 1. The molecule has 0 aromatic carbocycles. The van der Waals surface area contributed by atoms with Crippen molar-refractivity contribution >= 4 is 23.8 Å². The van der Waals surface area contributed by atoms with E-state index >= 15 is 0 Å². The zero-order chi connectivity index (χ0) is 15.8. The van der Waals surface area contributed by atoms with Gasteiger partial charge in [0, 0.05) is 25.4 Å². The molecule has 0 aromatic heterocycles. The van der Waals surface area contributed by atoms with Gasteiger partial charge in [0.05, 0.1) is 12.6 Å². The van der Waals surface area contributed by atoms with E-state index in [9.17, 15) is 4.79 Å². The van der Waals surface area contributed by atoms with Gasteiger partial charge in [0.25, 0.3) is 0 Å². The topological polar surface area (TPSA) is 74.8 Å². The number of rotatable bonds is 7. The number of nitrogens with zero attached hydrogens (tertiary/aromatic N) is 1. The van der Waals surface area contributed by atoms with Crippen LogP contribution in [0.3, 0.4) is 0 Å². The number of ether oxygens (including phenoxy) is 1. The van der Waals surface area contributed by atoms with Crippen LogP contribution in [0.4, 0.5) is 4.79 Å². The summed E-state index contributed by atoms with van der Waals surface area (Å²) in [6, 6.07) is 0.110. The van der Waals surface area contributed by atoms with E-state index in [0.29, 0.717) is 24.3 Å². The maximum atomic E-state index is 11.6. The quantitative estimate of drug-likeness (QED) is 0.489. The summed E-state index contributed by atoms with van der Waals surface area (Å²) in [7, 11) is 1.78. The molecule has 22 heavy (non-hydrogen) atoms. The van der Waals surface area contributed by atoms with Crippen molar-refractivity contribution in [2.24, 2.45) is 10.9 Å². The third-order valence-electron chi connectivity index (χ3n) is 4.00. The van der Waals surface area contributed by atoms with Gasteiger partial charge >= 0.3 is 6.09 Å². The van der Waals surface area contributed by atoms with E-state index in [1.54, 1.807) is 7.05 Å². The molecule has 0 radical (unpaired) electrons. The number of hydrogen-bond acceptors (Lipinski definition) is 4. The van der Waals surface area contributed by atoms with Crippen LogP contribution < -0.4 is 16.0 Å². The lowest BCUT2D eigenvalue weighted by Crippen LogP contribution is -2.49. The zero-order valence-electron chi connectivity index (χ0n) is 13.6. The first-order valence-electron chi connectivity index (χ1n) is 8.22. The largest absolute Gasteiger partial charge is 0.450 e. The number of guanidine groups is 1. The summed E-state index contributed by atoms with van der Waals surface area (Å²) in [5, 5.41) is 10.3. The van der Waals surface area contributed by atoms with E-state index in [-0.39, 0.29) is 12.1 Å². The summed E-state index contributed by atoms with van der Waals surface area (Å²) < 4.78 is 4.97. The molecule has 1 saturated heterocycles. The molecule has 0 spiro atoms. The Hall–Kier alpha value is -1.11. The number of aliphatic imine (C=N–C) groups is 1. The molecule has 0 bridgehead atoms. The third kappa shape index (κ3) is 5.94. The normalized spacial score (nSPS) is 23.0. The molecule has 1 aliphatic heterocycles. The minimum Gasteiger partial charge on any atom is -0.450 e. The van der Waals surface area contributed by atoms with Gasteiger partial charge in [0.15, 0.2) is 5.96 Å². The SMILES string of the molecule is CCOC(=O)NC(CNC(=NC)NCC1CCCS1)C1CC1. The molecule has 2 fully saturated rings. The highest BCUT2D eigenvalue weighted by Gasteiger charge is 2.32. The molecule has 1 heterocycles. The van der Waals surface area contributed by atoms with E-state index in [1.165, 1.54) is 31.4 Å². The van der Waals surface area contributed by atoms with Crippen molar-refractivity contribution in [2.45, 2.75) is 43.9 Å². The summed E-state index contributed by atoms with van der Waals surface area (Å²) in [6.07, 6.45) is 4.61. The summed E-state index contributed by atoms with van der Waals surface area (Å²) in [5.74, 6) is 2.63. The smallest absolute Gasteiger partial charge is 0.407 e. The number of hydrogen-bond donors (Lipinski definition) is 3. The van der Waals surface area contributed by atoms with Gasteiger partial charge in [0.2, 0.25) is 0 Å². The second kappa shape index (κ2) is 9.12. The van der Waals surface area contributed by atoms with E-state index in [4.69, 9.17) is 4.74 Å².